The van der Waals surface area contributed by atoms with Crippen molar-refractivity contribution >= 4 is 39.0 Å². The highest BCUT2D eigenvalue weighted by molar-refractivity contribution is 5.93. The Bertz CT molecular complexity index is 1900. The lowest BCUT2D eigenvalue weighted by molar-refractivity contribution is 1.09. The van der Waals surface area contributed by atoms with Gasteiger partial charge in [-0.2, -0.15) is 0 Å². The first-order chi connectivity index (χ1) is 19.7. The van der Waals surface area contributed by atoms with Crippen LogP contribution in [0.25, 0.3) is 39.0 Å². The summed E-state index contributed by atoms with van der Waals surface area (Å²) < 4.78 is 2.18. The van der Waals surface area contributed by atoms with Crippen LogP contribution in [0.3, 0.4) is 0 Å². The van der Waals surface area contributed by atoms with E-state index in [9.17, 15) is 0 Å². The Morgan fingerprint density at radius 2 is 1.18 bits per heavy atom. The molecule has 2 heterocycles. The van der Waals surface area contributed by atoms with E-state index in [1.54, 1.807) is 0 Å². The van der Waals surface area contributed by atoms with E-state index in [1.807, 2.05) is 18.3 Å². The Hall–Kier alpha value is -5.22. The van der Waals surface area contributed by atoms with Gasteiger partial charge in [-0.15, -0.1) is 0 Å². The molecule has 0 spiro atoms. The molecule has 0 saturated carbocycles. The third-order valence-corrected chi connectivity index (χ3v) is 7.39. The van der Waals surface area contributed by atoms with Gasteiger partial charge >= 0.3 is 0 Å². The molecular formula is C36H28N4. The highest BCUT2D eigenvalue weighted by Gasteiger charge is 2.18. The zero-order valence-corrected chi connectivity index (χ0v) is 22.5. The van der Waals surface area contributed by atoms with Gasteiger partial charge in [0.1, 0.15) is 11.3 Å². The second-order valence-corrected chi connectivity index (χ2v) is 10.2. The molecule has 7 aromatic rings. The molecule has 0 N–H and O–H groups in total. The summed E-state index contributed by atoms with van der Waals surface area (Å²) in [5, 5.41) is 2.35. The third kappa shape index (κ3) is 4.20. The normalized spacial score (nSPS) is 11.2. The van der Waals surface area contributed by atoms with Gasteiger partial charge in [0.15, 0.2) is 5.65 Å². The Morgan fingerprint density at radius 1 is 0.575 bits per heavy atom. The van der Waals surface area contributed by atoms with Crippen LogP contribution in [0.4, 0.5) is 17.1 Å². The molecule has 192 valence electrons. The van der Waals surface area contributed by atoms with Crippen molar-refractivity contribution < 1.29 is 0 Å². The molecule has 0 unspecified atom stereocenters. The molecule has 0 aliphatic rings. The summed E-state index contributed by atoms with van der Waals surface area (Å²) in [5.41, 5.74) is 9.62. The van der Waals surface area contributed by atoms with Gasteiger partial charge in [0.05, 0.1) is 5.69 Å². The van der Waals surface area contributed by atoms with Crippen LogP contribution < -0.4 is 4.90 Å². The predicted molar refractivity (Wildman–Crippen MR) is 166 cm³/mol. The second kappa shape index (κ2) is 9.83. The van der Waals surface area contributed by atoms with E-state index >= 15 is 0 Å². The van der Waals surface area contributed by atoms with Crippen LogP contribution >= 0.6 is 0 Å². The number of benzene rings is 5. The van der Waals surface area contributed by atoms with Gasteiger partial charge in [-0.3, -0.25) is 4.57 Å². The summed E-state index contributed by atoms with van der Waals surface area (Å²) >= 11 is 0. The summed E-state index contributed by atoms with van der Waals surface area (Å²) in [6.07, 6.45) is 1.83. The van der Waals surface area contributed by atoms with Crippen molar-refractivity contribution in [3.05, 3.63) is 145 Å². The Labute approximate surface area is 233 Å². The summed E-state index contributed by atoms with van der Waals surface area (Å²) in [5.74, 6) is 0.869. The van der Waals surface area contributed by atoms with Crippen LogP contribution in [0, 0.1) is 13.8 Å². The number of aromatic nitrogens is 3. The number of aryl methyl sites for hydroxylation is 2. The fourth-order valence-corrected chi connectivity index (χ4v) is 5.33. The molecule has 0 bridgehead atoms. The number of rotatable bonds is 5. The molecule has 7 rings (SSSR count). The van der Waals surface area contributed by atoms with Gasteiger partial charge in [0.25, 0.3) is 0 Å². The molecular weight excluding hydrogens is 488 g/mol. The molecule has 40 heavy (non-hydrogen) atoms. The van der Waals surface area contributed by atoms with Gasteiger partial charge in [-0.1, -0.05) is 71.8 Å². The lowest BCUT2D eigenvalue weighted by Crippen LogP contribution is -2.10. The van der Waals surface area contributed by atoms with E-state index in [1.165, 1.54) is 16.5 Å². The minimum atomic E-state index is 0.846. The van der Waals surface area contributed by atoms with E-state index < -0.39 is 0 Å². The van der Waals surface area contributed by atoms with Crippen molar-refractivity contribution in [1.82, 2.24) is 14.5 Å². The fourth-order valence-electron chi connectivity index (χ4n) is 5.33. The second-order valence-electron chi connectivity index (χ2n) is 10.2. The summed E-state index contributed by atoms with van der Waals surface area (Å²) in [6, 6.07) is 44.8. The monoisotopic (exact) mass is 516 g/mol. The number of imidazole rings is 1. The van der Waals surface area contributed by atoms with Crippen LogP contribution in [-0.2, 0) is 0 Å². The van der Waals surface area contributed by atoms with Gasteiger partial charge in [0, 0.05) is 34.2 Å². The SMILES string of the molecule is Cc1ccc(N(c2ccc(C)cc2)c2ccc(-c3nc4cccnc4n3-c3cccc4ccccc34)cc2)cc1. The van der Waals surface area contributed by atoms with Crippen molar-refractivity contribution in [1.29, 1.82) is 0 Å². The van der Waals surface area contributed by atoms with Crippen LogP contribution in [0.2, 0.25) is 0 Å². The number of fused-ring (bicyclic) bond motifs is 2. The molecule has 4 nitrogen and oxygen atoms in total. The lowest BCUT2D eigenvalue weighted by atomic mass is 10.1. The zero-order valence-electron chi connectivity index (χ0n) is 22.5. The molecule has 2 aromatic heterocycles. The quantitative estimate of drug-likeness (QED) is 0.229. The number of anilines is 3. The smallest absolute Gasteiger partial charge is 0.164 e. The van der Waals surface area contributed by atoms with Crippen LogP contribution in [0.1, 0.15) is 11.1 Å². The molecule has 0 saturated heterocycles. The molecule has 0 aliphatic carbocycles. The van der Waals surface area contributed by atoms with E-state index in [2.05, 4.69) is 139 Å². The molecule has 0 radical (unpaired) electrons. The standard InChI is InChI=1S/C36H28N4/c1-25-12-18-29(19-13-25)39(30-20-14-26(2)15-21-30)31-22-16-28(17-23-31)35-38-33-10-6-24-37-36(33)40(35)34-11-5-8-27-7-3-4-9-32(27)34/h3-24H,1-2H3. The first-order valence-electron chi connectivity index (χ1n) is 13.5. The first kappa shape index (κ1) is 23.9. The highest BCUT2D eigenvalue weighted by Crippen LogP contribution is 2.37. The van der Waals surface area contributed by atoms with Crippen molar-refractivity contribution in [2.45, 2.75) is 13.8 Å². The Morgan fingerprint density at radius 3 is 1.85 bits per heavy atom. The molecule has 0 aliphatic heterocycles. The largest absolute Gasteiger partial charge is 0.311 e. The average Bonchev–Trinajstić information content (AvgIpc) is 3.39. The van der Waals surface area contributed by atoms with E-state index in [0.717, 1.165) is 50.7 Å². The maximum Gasteiger partial charge on any atom is 0.164 e. The number of nitrogens with zero attached hydrogens (tertiary/aromatic N) is 4. The van der Waals surface area contributed by atoms with E-state index in [-0.39, 0.29) is 0 Å². The van der Waals surface area contributed by atoms with Crippen molar-refractivity contribution in [2.24, 2.45) is 0 Å². The first-order valence-corrected chi connectivity index (χ1v) is 13.5. The van der Waals surface area contributed by atoms with Gasteiger partial charge in [0.2, 0.25) is 0 Å². The number of hydrogen-bond donors (Lipinski definition) is 0. The summed E-state index contributed by atoms with van der Waals surface area (Å²) in [6.45, 7) is 4.23. The van der Waals surface area contributed by atoms with Crippen molar-refractivity contribution in [3.8, 4) is 17.1 Å². The van der Waals surface area contributed by atoms with Crippen LogP contribution in [0.5, 0.6) is 0 Å². The minimum Gasteiger partial charge on any atom is -0.311 e. The predicted octanol–water partition coefficient (Wildman–Crippen LogP) is 9.33. The lowest BCUT2D eigenvalue weighted by Gasteiger charge is -2.26. The zero-order chi connectivity index (χ0) is 27.1. The topological polar surface area (TPSA) is 34.0 Å². The number of pyridine rings is 1. The molecule has 5 aromatic carbocycles. The summed E-state index contributed by atoms with van der Waals surface area (Å²) in [7, 11) is 0. The maximum atomic E-state index is 5.06. The molecule has 0 amide bonds. The molecule has 4 heteroatoms. The molecule has 0 fully saturated rings. The van der Waals surface area contributed by atoms with Crippen molar-refractivity contribution in [3.63, 3.8) is 0 Å². The van der Waals surface area contributed by atoms with Crippen LogP contribution in [0.15, 0.2) is 134 Å². The van der Waals surface area contributed by atoms with E-state index in [0.29, 0.717) is 0 Å². The summed E-state index contributed by atoms with van der Waals surface area (Å²) in [4.78, 5) is 12.1. The van der Waals surface area contributed by atoms with Gasteiger partial charge in [-0.25, -0.2) is 9.97 Å². The Kier molecular flexibility index (Phi) is 5.86. The van der Waals surface area contributed by atoms with Crippen LogP contribution in [-0.4, -0.2) is 14.5 Å². The van der Waals surface area contributed by atoms with Gasteiger partial charge < -0.3 is 4.90 Å². The molecule has 0 atom stereocenters. The van der Waals surface area contributed by atoms with Gasteiger partial charge in [-0.05, 0) is 86.0 Å². The highest BCUT2D eigenvalue weighted by atomic mass is 15.1. The fraction of sp³-hybridized carbons (Fsp3) is 0.0556. The third-order valence-electron chi connectivity index (χ3n) is 7.39. The maximum absolute atomic E-state index is 5.06. The van der Waals surface area contributed by atoms with E-state index in [4.69, 9.17) is 9.97 Å². The Balaban J connectivity index is 1.38. The van der Waals surface area contributed by atoms with Crippen molar-refractivity contribution in [2.75, 3.05) is 4.90 Å². The average molecular weight is 517 g/mol. The minimum absolute atomic E-state index is 0.846. The number of hydrogen-bond acceptors (Lipinski definition) is 3.